The molecule has 0 saturated heterocycles. The van der Waals surface area contributed by atoms with Gasteiger partial charge in [0.05, 0.1) is 12.1 Å². The average molecular weight is 363 g/mol. The number of nitrogens with zero attached hydrogens (tertiary/aromatic N) is 1. The Hall–Kier alpha value is -1.72. The maximum Gasteiger partial charge on any atom is 0.231 e. The van der Waals surface area contributed by atoms with Crippen molar-refractivity contribution < 1.29 is 4.79 Å². The zero-order valence-electron chi connectivity index (χ0n) is 11.5. The number of likely N-dealkylation sites (N-methyl/N-ethyl adjacent to an activating group) is 1. The van der Waals surface area contributed by atoms with Crippen LogP contribution >= 0.6 is 28.1 Å². The molecule has 2 N–H and O–H groups in total. The molecule has 2 rings (SSSR count). The fourth-order valence-electron chi connectivity index (χ4n) is 2.05. The first-order chi connectivity index (χ1) is 9.99. The van der Waals surface area contributed by atoms with Gasteiger partial charge in [-0.05, 0) is 29.8 Å². The highest BCUT2D eigenvalue weighted by atomic mass is 79.9. The molecule has 0 bridgehead atoms. The van der Waals surface area contributed by atoms with Gasteiger partial charge in [0.2, 0.25) is 5.91 Å². The smallest absolute Gasteiger partial charge is 0.231 e. The van der Waals surface area contributed by atoms with Gasteiger partial charge in [0.25, 0.3) is 0 Å². The van der Waals surface area contributed by atoms with Gasteiger partial charge in [-0.2, -0.15) is 0 Å². The van der Waals surface area contributed by atoms with Gasteiger partial charge in [-0.3, -0.25) is 4.79 Å². The van der Waals surface area contributed by atoms with Gasteiger partial charge in [0.15, 0.2) is 0 Å². The molecule has 0 aliphatic carbocycles. The minimum atomic E-state index is -0.0169. The van der Waals surface area contributed by atoms with Crippen LogP contribution in [0.1, 0.15) is 11.1 Å². The van der Waals surface area contributed by atoms with Crippen LogP contribution < -0.4 is 10.6 Å². The van der Waals surface area contributed by atoms with Crippen molar-refractivity contribution >= 4 is 44.7 Å². The minimum Gasteiger partial charge on any atom is -0.389 e. The molecule has 0 heterocycles. The largest absolute Gasteiger partial charge is 0.389 e. The van der Waals surface area contributed by atoms with Crippen LogP contribution in [0.3, 0.4) is 0 Å². The van der Waals surface area contributed by atoms with Crippen molar-refractivity contribution in [3.63, 3.8) is 0 Å². The molecule has 0 aliphatic rings. The molecule has 2 aromatic rings. The van der Waals surface area contributed by atoms with E-state index in [1.54, 1.807) is 11.9 Å². The van der Waals surface area contributed by atoms with Crippen LogP contribution in [0, 0.1) is 0 Å². The van der Waals surface area contributed by atoms with Crippen molar-refractivity contribution in [2.24, 2.45) is 5.73 Å². The second kappa shape index (κ2) is 6.83. The highest BCUT2D eigenvalue weighted by molar-refractivity contribution is 9.10. The summed E-state index contributed by atoms with van der Waals surface area (Å²) in [5.41, 5.74) is 8.10. The van der Waals surface area contributed by atoms with Crippen molar-refractivity contribution in [2.45, 2.75) is 6.42 Å². The number of hydrogen-bond donors (Lipinski definition) is 1. The Morgan fingerprint density at radius 1 is 1.24 bits per heavy atom. The third kappa shape index (κ3) is 3.89. The van der Waals surface area contributed by atoms with E-state index in [-0.39, 0.29) is 10.9 Å². The molecular weight excluding hydrogens is 348 g/mol. The summed E-state index contributed by atoms with van der Waals surface area (Å²) < 4.78 is 0.957. The molecule has 0 aromatic heterocycles. The van der Waals surface area contributed by atoms with Crippen LogP contribution in [0.2, 0.25) is 0 Å². The van der Waals surface area contributed by atoms with Crippen molar-refractivity contribution in [1.82, 2.24) is 0 Å². The van der Waals surface area contributed by atoms with Gasteiger partial charge in [0, 0.05) is 17.1 Å². The highest BCUT2D eigenvalue weighted by Gasteiger charge is 2.15. The number of nitrogens with two attached hydrogens (primary N) is 1. The number of para-hydroxylation sites is 1. The molecule has 0 atom stereocenters. The van der Waals surface area contributed by atoms with Gasteiger partial charge in [-0.1, -0.05) is 52.4 Å². The molecule has 0 fully saturated rings. The summed E-state index contributed by atoms with van der Waals surface area (Å²) in [7, 11) is 1.73. The lowest BCUT2D eigenvalue weighted by atomic mass is 10.1. The fourth-order valence-corrected chi connectivity index (χ4v) is 2.67. The van der Waals surface area contributed by atoms with Crippen LogP contribution in [0.5, 0.6) is 0 Å². The lowest BCUT2D eigenvalue weighted by molar-refractivity contribution is -0.117. The maximum absolute atomic E-state index is 12.4. The van der Waals surface area contributed by atoms with E-state index in [0.29, 0.717) is 12.0 Å². The second-order valence-electron chi connectivity index (χ2n) is 4.64. The Morgan fingerprint density at radius 3 is 2.62 bits per heavy atom. The SMILES string of the molecule is CN(C(=O)Cc1cccc(Br)c1)c1ccccc1C(N)=S. The Bertz CT molecular complexity index is 687. The summed E-state index contributed by atoms with van der Waals surface area (Å²) in [5.74, 6) is -0.0169. The topological polar surface area (TPSA) is 46.3 Å². The molecule has 0 radical (unpaired) electrons. The highest BCUT2D eigenvalue weighted by Crippen LogP contribution is 2.20. The van der Waals surface area contributed by atoms with E-state index in [9.17, 15) is 4.79 Å². The molecule has 0 saturated carbocycles. The summed E-state index contributed by atoms with van der Waals surface area (Å²) in [6.07, 6.45) is 0.321. The van der Waals surface area contributed by atoms with E-state index in [4.69, 9.17) is 18.0 Å². The van der Waals surface area contributed by atoms with Crippen LogP contribution in [0.25, 0.3) is 0 Å². The number of carbonyl (C=O) groups excluding carboxylic acids is 1. The third-order valence-electron chi connectivity index (χ3n) is 3.15. The van der Waals surface area contributed by atoms with E-state index in [1.165, 1.54) is 0 Å². The van der Waals surface area contributed by atoms with Gasteiger partial charge in [-0.25, -0.2) is 0 Å². The Labute approximate surface area is 137 Å². The first-order valence-corrected chi connectivity index (χ1v) is 7.59. The van der Waals surface area contributed by atoms with E-state index in [0.717, 1.165) is 15.7 Å². The van der Waals surface area contributed by atoms with Crippen molar-refractivity contribution in [3.8, 4) is 0 Å². The van der Waals surface area contributed by atoms with E-state index < -0.39 is 0 Å². The third-order valence-corrected chi connectivity index (χ3v) is 3.86. The Morgan fingerprint density at radius 2 is 1.95 bits per heavy atom. The molecule has 0 aliphatic heterocycles. The predicted octanol–water partition coefficient (Wildman–Crippen LogP) is 3.29. The monoisotopic (exact) mass is 362 g/mol. The normalized spacial score (nSPS) is 10.2. The van der Waals surface area contributed by atoms with Crippen LogP contribution in [-0.4, -0.2) is 17.9 Å². The van der Waals surface area contributed by atoms with E-state index in [1.807, 2.05) is 48.5 Å². The second-order valence-corrected chi connectivity index (χ2v) is 6.00. The van der Waals surface area contributed by atoms with Crippen molar-refractivity contribution in [2.75, 3.05) is 11.9 Å². The van der Waals surface area contributed by atoms with Crippen LogP contribution in [0.15, 0.2) is 53.0 Å². The lowest BCUT2D eigenvalue weighted by Gasteiger charge is -2.20. The van der Waals surface area contributed by atoms with Gasteiger partial charge < -0.3 is 10.6 Å². The molecule has 0 unspecified atom stereocenters. The standard InChI is InChI=1S/C16H15BrN2OS/c1-19(14-8-3-2-7-13(14)16(18)21)15(20)10-11-5-4-6-12(17)9-11/h2-9H,10H2,1H3,(H2,18,21). The number of benzene rings is 2. The molecule has 3 nitrogen and oxygen atoms in total. The maximum atomic E-state index is 12.4. The summed E-state index contributed by atoms with van der Waals surface area (Å²) in [4.78, 5) is 14.3. The average Bonchev–Trinajstić information content (AvgIpc) is 2.46. The van der Waals surface area contributed by atoms with Gasteiger partial charge in [-0.15, -0.1) is 0 Å². The lowest BCUT2D eigenvalue weighted by Crippen LogP contribution is -2.30. The summed E-state index contributed by atoms with van der Waals surface area (Å²) in [6.45, 7) is 0. The van der Waals surface area contributed by atoms with Crippen molar-refractivity contribution in [1.29, 1.82) is 0 Å². The quantitative estimate of drug-likeness (QED) is 0.848. The molecule has 1 amide bonds. The van der Waals surface area contributed by atoms with Gasteiger partial charge in [0.1, 0.15) is 4.99 Å². The molecule has 2 aromatic carbocycles. The molecule has 0 spiro atoms. The first-order valence-electron chi connectivity index (χ1n) is 6.39. The fraction of sp³-hybridized carbons (Fsp3) is 0.125. The van der Waals surface area contributed by atoms with Crippen LogP contribution in [-0.2, 0) is 11.2 Å². The minimum absolute atomic E-state index is 0.0169. The molecular formula is C16H15BrN2OS. The predicted molar refractivity (Wildman–Crippen MR) is 93.6 cm³/mol. The summed E-state index contributed by atoms with van der Waals surface area (Å²) in [6, 6.07) is 15.1. The molecule has 5 heteroatoms. The number of anilines is 1. The van der Waals surface area contributed by atoms with Gasteiger partial charge >= 0.3 is 0 Å². The molecule has 108 valence electrons. The zero-order valence-corrected chi connectivity index (χ0v) is 13.9. The number of thiocarbonyl (C=S) groups is 1. The Balaban J connectivity index is 2.22. The van der Waals surface area contributed by atoms with Crippen LogP contribution in [0.4, 0.5) is 5.69 Å². The Kier molecular flexibility index (Phi) is 5.09. The van der Waals surface area contributed by atoms with Crippen molar-refractivity contribution in [3.05, 3.63) is 64.1 Å². The number of hydrogen-bond acceptors (Lipinski definition) is 2. The first kappa shape index (κ1) is 15.7. The number of amides is 1. The number of carbonyl (C=O) groups is 1. The van der Waals surface area contributed by atoms with E-state index >= 15 is 0 Å². The number of rotatable bonds is 4. The number of halogens is 1. The zero-order chi connectivity index (χ0) is 15.4. The summed E-state index contributed by atoms with van der Waals surface area (Å²) in [5, 5.41) is 0. The van der Waals surface area contributed by atoms with E-state index in [2.05, 4.69) is 15.9 Å². The summed E-state index contributed by atoms with van der Waals surface area (Å²) >= 11 is 8.44. The molecule has 21 heavy (non-hydrogen) atoms.